The van der Waals surface area contributed by atoms with Gasteiger partial charge in [-0.15, -0.1) is 0 Å². The van der Waals surface area contributed by atoms with Crippen LogP contribution in [0.1, 0.15) is 24.4 Å². The van der Waals surface area contributed by atoms with Gasteiger partial charge in [-0.25, -0.2) is 18.1 Å². The van der Waals surface area contributed by atoms with Crippen LogP contribution in [0, 0.1) is 6.92 Å². The van der Waals surface area contributed by atoms with E-state index in [-0.39, 0.29) is 11.1 Å². The van der Waals surface area contributed by atoms with E-state index in [9.17, 15) is 8.42 Å². The van der Waals surface area contributed by atoms with Crippen molar-refractivity contribution in [1.82, 2.24) is 14.7 Å². The molecule has 1 aromatic carbocycles. The third-order valence-electron chi connectivity index (χ3n) is 2.60. The number of aromatic nitrogens is 2. The Kier molecular flexibility index (Phi) is 3.49. The number of nitrogens with zero attached hydrogens (tertiary/aromatic N) is 1. The molecule has 1 atom stereocenters. The highest BCUT2D eigenvalue weighted by atomic mass is 32.2. The van der Waals surface area contributed by atoms with Gasteiger partial charge in [0.05, 0.1) is 6.20 Å². The second-order valence-corrected chi connectivity index (χ2v) is 5.77. The lowest BCUT2D eigenvalue weighted by Gasteiger charge is -2.13. The van der Waals surface area contributed by atoms with Gasteiger partial charge >= 0.3 is 0 Å². The van der Waals surface area contributed by atoms with Crippen LogP contribution in [-0.4, -0.2) is 18.4 Å². The average molecular weight is 265 g/mol. The largest absolute Gasteiger partial charge is 0.332 e. The van der Waals surface area contributed by atoms with E-state index in [2.05, 4.69) is 14.7 Å². The molecule has 1 aromatic heterocycles. The fourth-order valence-corrected chi connectivity index (χ4v) is 2.84. The lowest BCUT2D eigenvalue weighted by molar-refractivity contribution is 0.563. The summed E-state index contributed by atoms with van der Waals surface area (Å²) in [5, 5.41) is 0.0859. The van der Waals surface area contributed by atoms with Gasteiger partial charge in [-0.2, -0.15) is 0 Å². The molecule has 2 N–H and O–H groups in total. The highest BCUT2D eigenvalue weighted by molar-refractivity contribution is 7.89. The number of hydrogen-bond acceptors (Lipinski definition) is 3. The van der Waals surface area contributed by atoms with E-state index in [1.807, 2.05) is 30.3 Å². The molecule has 6 heteroatoms. The van der Waals surface area contributed by atoms with Crippen molar-refractivity contribution < 1.29 is 8.42 Å². The van der Waals surface area contributed by atoms with Gasteiger partial charge in [0.15, 0.2) is 5.03 Å². The molecule has 2 aromatic rings. The van der Waals surface area contributed by atoms with E-state index >= 15 is 0 Å². The maximum absolute atomic E-state index is 12.0. The first kappa shape index (κ1) is 12.8. The van der Waals surface area contributed by atoms with Crippen molar-refractivity contribution in [2.45, 2.75) is 24.9 Å². The fourth-order valence-electron chi connectivity index (χ4n) is 1.64. The maximum atomic E-state index is 12.0. The van der Waals surface area contributed by atoms with Gasteiger partial charge in [0.25, 0.3) is 10.0 Å². The van der Waals surface area contributed by atoms with E-state index in [4.69, 9.17) is 0 Å². The molecule has 0 aliphatic carbocycles. The minimum atomic E-state index is -3.55. The molecule has 1 heterocycles. The first-order chi connectivity index (χ1) is 8.49. The summed E-state index contributed by atoms with van der Waals surface area (Å²) in [7, 11) is -3.55. The molecule has 0 bridgehead atoms. The Morgan fingerprint density at radius 3 is 2.50 bits per heavy atom. The van der Waals surface area contributed by atoms with Crippen molar-refractivity contribution in [3.63, 3.8) is 0 Å². The van der Waals surface area contributed by atoms with Crippen LogP contribution < -0.4 is 4.72 Å². The van der Waals surface area contributed by atoms with Crippen LogP contribution in [0.25, 0.3) is 0 Å². The Balaban J connectivity index is 2.19. The zero-order valence-corrected chi connectivity index (χ0v) is 11.0. The highest BCUT2D eigenvalue weighted by Gasteiger charge is 2.19. The molecule has 0 radical (unpaired) electrons. The van der Waals surface area contributed by atoms with Gasteiger partial charge in [0.2, 0.25) is 0 Å². The minimum absolute atomic E-state index is 0.0859. The van der Waals surface area contributed by atoms with Crippen molar-refractivity contribution in [3.05, 3.63) is 47.9 Å². The Hall–Kier alpha value is -1.66. The molecule has 0 saturated heterocycles. The predicted molar refractivity (Wildman–Crippen MR) is 68.5 cm³/mol. The summed E-state index contributed by atoms with van der Waals surface area (Å²) in [6.45, 7) is 3.51. The number of rotatable bonds is 4. The minimum Gasteiger partial charge on any atom is -0.332 e. The van der Waals surface area contributed by atoms with Gasteiger partial charge in [0.1, 0.15) is 5.82 Å². The van der Waals surface area contributed by atoms with Crippen LogP contribution in [0.2, 0.25) is 0 Å². The van der Waals surface area contributed by atoms with E-state index in [1.165, 1.54) is 6.20 Å². The number of hydrogen-bond donors (Lipinski definition) is 2. The molecule has 0 aliphatic heterocycles. The number of aryl methyl sites for hydroxylation is 1. The number of H-pyrrole nitrogens is 1. The molecule has 0 amide bonds. The van der Waals surface area contributed by atoms with Gasteiger partial charge in [-0.3, -0.25) is 0 Å². The summed E-state index contributed by atoms with van der Waals surface area (Å²) in [5.74, 6) is 0.572. The topological polar surface area (TPSA) is 74.8 Å². The van der Waals surface area contributed by atoms with Gasteiger partial charge in [0, 0.05) is 6.04 Å². The summed E-state index contributed by atoms with van der Waals surface area (Å²) in [4.78, 5) is 6.60. The first-order valence-corrected chi connectivity index (χ1v) is 7.06. The average Bonchev–Trinajstić information content (AvgIpc) is 2.77. The van der Waals surface area contributed by atoms with Crippen molar-refractivity contribution in [2.75, 3.05) is 0 Å². The number of imidazole rings is 1. The van der Waals surface area contributed by atoms with Crippen molar-refractivity contribution in [1.29, 1.82) is 0 Å². The summed E-state index contributed by atoms with van der Waals surface area (Å²) in [6, 6.07) is 9.11. The van der Waals surface area contributed by atoms with Crippen molar-refractivity contribution >= 4 is 10.0 Å². The molecule has 0 aliphatic rings. The number of nitrogens with one attached hydrogen (secondary N) is 2. The number of benzene rings is 1. The predicted octanol–water partition coefficient (Wildman–Crippen LogP) is 1.76. The molecular weight excluding hydrogens is 250 g/mol. The normalized spacial score (nSPS) is 13.4. The fraction of sp³-hybridized carbons (Fsp3) is 0.250. The second-order valence-electron chi connectivity index (χ2n) is 4.09. The Morgan fingerprint density at radius 2 is 1.94 bits per heavy atom. The van der Waals surface area contributed by atoms with E-state index < -0.39 is 10.0 Å². The molecule has 5 nitrogen and oxygen atoms in total. The quantitative estimate of drug-likeness (QED) is 0.884. The lowest BCUT2D eigenvalue weighted by Crippen LogP contribution is -2.27. The molecule has 0 spiro atoms. The standard InChI is InChI=1S/C12H15N3O2S/c1-9(11-6-4-3-5-7-11)15-18(16,17)12-8-13-10(2)14-12/h3-9,15H,1-2H3,(H,13,14). The van der Waals surface area contributed by atoms with Crippen molar-refractivity contribution in [3.8, 4) is 0 Å². The Bertz CT molecular complexity index is 620. The smallest absolute Gasteiger partial charge is 0.258 e. The van der Waals surface area contributed by atoms with Crippen LogP contribution in [0.4, 0.5) is 0 Å². The molecule has 2 rings (SSSR count). The first-order valence-electron chi connectivity index (χ1n) is 5.58. The monoisotopic (exact) mass is 265 g/mol. The van der Waals surface area contributed by atoms with E-state index in [0.29, 0.717) is 5.82 Å². The summed E-state index contributed by atoms with van der Waals surface area (Å²) < 4.78 is 26.7. The van der Waals surface area contributed by atoms with Gasteiger partial charge in [-0.1, -0.05) is 30.3 Å². The van der Waals surface area contributed by atoms with Gasteiger partial charge < -0.3 is 4.98 Å². The Labute approximate surface area is 106 Å². The molecule has 96 valence electrons. The van der Waals surface area contributed by atoms with Crippen molar-refractivity contribution in [2.24, 2.45) is 0 Å². The number of sulfonamides is 1. The molecule has 18 heavy (non-hydrogen) atoms. The highest BCUT2D eigenvalue weighted by Crippen LogP contribution is 2.15. The van der Waals surface area contributed by atoms with Crippen LogP contribution in [0.5, 0.6) is 0 Å². The maximum Gasteiger partial charge on any atom is 0.258 e. The number of aromatic amines is 1. The summed E-state index contributed by atoms with van der Waals surface area (Å²) >= 11 is 0. The Morgan fingerprint density at radius 1 is 1.28 bits per heavy atom. The SMILES string of the molecule is Cc1ncc(S(=O)(=O)NC(C)c2ccccc2)[nH]1. The molecule has 0 saturated carbocycles. The lowest BCUT2D eigenvalue weighted by atomic mass is 10.1. The van der Waals surface area contributed by atoms with Crippen LogP contribution in [0.3, 0.4) is 0 Å². The van der Waals surface area contributed by atoms with Crippen LogP contribution in [-0.2, 0) is 10.0 Å². The third-order valence-corrected chi connectivity index (χ3v) is 4.05. The molecular formula is C12H15N3O2S. The van der Waals surface area contributed by atoms with Gasteiger partial charge in [-0.05, 0) is 19.4 Å². The second kappa shape index (κ2) is 4.91. The molecule has 1 unspecified atom stereocenters. The molecule has 0 fully saturated rings. The van der Waals surface area contributed by atoms with Crippen LogP contribution >= 0.6 is 0 Å². The zero-order chi connectivity index (χ0) is 13.2. The summed E-state index contributed by atoms with van der Waals surface area (Å²) in [5.41, 5.74) is 0.914. The summed E-state index contributed by atoms with van der Waals surface area (Å²) in [6.07, 6.45) is 1.31. The third kappa shape index (κ3) is 2.77. The van der Waals surface area contributed by atoms with Crippen LogP contribution in [0.15, 0.2) is 41.6 Å². The van der Waals surface area contributed by atoms with E-state index in [1.54, 1.807) is 13.8 Å². The zero-order valence-electron chi connectivity index (χ0n) is 10.2. The van der Waals surface area contributed by atoms with E-state index in [0.717, 1.165) is 5.56 Å².